The molecule has 0 amide bonds. The third kappa shape index (κ3) is 3.00. The molecule has 1 aromatic carbocycles. The molecule has 1 aliphatic rings. The number of nitrogens with zero attached hydrogens (tertiary/aromatic N) is 1. The summed E-state index contributed by atoms with van der Waals surface area (Å²) in [6.07, 6.45) is 2.36. The van der Waals surface area contributed by atoms with Gasteiger partial charge in [-0.2, -0.15) is 0 Å². The highest BCUT2D eigenvalue weighted by Crippen LogP contribution is 2.30. The molecule has 1 unspecified atom stereocenters. The highest BCUT2D eigenvalue weighted by atomic mass is 16.5. The average Bonchev–Trinajstić information content (AvgIpc) is 2.87. The van der Waals surface area contributed by atoms with Gasteiger partial charge in [-0.1, -0.05) is 13.3 Å². The van der Waals surface area contributed by atoms with Crippen molar-refractivity contribution in [3.8, 4) is 0 Å². The first-order chi connectivity index (χ1) is 9.15. The molecule has 1 saturated heterocycles. The van der Waals surface area contributed by atoms with E-state index in [1.807, 2.05) is 19.1 Å². The molecule has 1 fully saturated rings. The van der Waals surface area contributed by atoms with Gasteiger partial charge in [-0.25, -0.2) is 4.79 Å². The normalized spacial score (nSPS) is 18.6. The maximum atomic E-state index is 12.0. The van der Waals surface area contributed by atoms with Gasteiger partial charge in [0, 0.05) is 18.8 Å². The lowest BCUT2D eigenvalue weighted by molar-refractivity contribution is 0.0527. The van der Waals surface area contributed by atoms with E-state index >= 15 is 0 Å². The van der Waals surface area contributed by atoms with Crippen LogP contribution >= 0.6 is 0 Å². The average molecular weight is 262 g/mol. The number of benzene rings is 1. The number of rotatable bonds is 4. The van der Waals surface area contributed by atoms with E-state index in [2.05, 4.69) is 11.8 Å². The molecule has 2 rings (SSSR count). The van der Waals surface area contributed by atoms with Crippen LogP contribution in [0.1, 0.15) is 37.0 Å². The van der Waals surface area contributed by atoms with Gasteiger partial charge in [0.1, 0.15) is 0 Å². The zero-order chi connectivity index (χ0) is 13.8. The summed E-state index contributed by atoms with van der Waals surface area (Å²) in [5.74, 6) is 0.428. The minimum atomic E-state index is -0.287. The van der Waals surface area contributed by atoms with Gasteiger partial charge in [0.05, 0.1) is 17.9 Å². The summed E-state index contributed by atoms with van der Waals surface area (Å²) >= 11 is 0. The second-order valence-electron chi connectivity index (χ2n) is 5.01. The molecule has 0 saturated carbocycles. The van der Waals surface area contributed by atoms with Crippen LogP contribution in [0.15, 0.2) is 18.2 Å². The van der Waals surface area contributed by atoms with Crippen molar-refractivity contribution in [3.05, 3.63) is 23.8 Å². The fourth-order valence-electron chi connectivity index (χ4n) is 2.59. The van der Waals surface area contributed by atoms with Gasteiger partial charge in [-0.3, -0.25) is 0 Å². The Morgan fingerprint density at radius 3 is 2.89 bits per heavy atom. The number of nitrogen functional groups attached to an aromatic ring is 1. The van der Waals surface area contributed by atoms with Crippen LogP contribution in [0.25, 0.3) is 0 Å². The predicted molar refractivity (Wildman–Crippen MR) is 77.4 cm³/mol. The number of hydrogen-bond acceptors (Lipinski definition) is 4. The fraction of sp³-hybridized carbons (Fsp3) is 0.533. The Kier molecular flexibility index (Phi) is 4.30. The van der Waals surface area contributed by atoms with Crippen LogP contribution in [0.2, 0.25) is 0 Å². The smallest absolute Gasteiger partial charge is 0.340 e. The number of esters is 1. The van der Waals surface area contributed by atoms with Crippen molar-refractivity contribution in [1.82, 2.24) is 0 Å². The Bertz CT molecular complexity index is 459. The zero-order valence-corrected chi connectivity index (χ0v) is 11.7. The highest BCUT2D eigenvalue weighted by Gasteiger charge is 2.25. The lowest BCUT2D eigenvalue weighted by Crippen LogP contribution is -2.22. The van der Waals surface area contributed by atoms with Crippen molar-refractivity contribution in [2.75, 3.05) is 30.3 Å². The molecule has 0 aromatic heterocycles. The molecule has 2 N–H and O–H groups in total. The molecule has 0 radical (unpaired) electrons. The minimum absolute atomic E-state index is 0.287. The monoisotopic (exact) mass is 262 g/mol. The van der Waals surface area contributed by atoms with Gasteiger partial charge in [-0.05, 0) is 37.5 Å². The molecule has 4 heteroatoms. The first kappa shape index (κ1) is 13.7. The van der Waals surface area contributed by atoms with Gasteiger partial charge in [0.2, 0.25) is 0 Å². The van der Waals surface area contributed by atoms with Crippen LogP contribution in [0.5, 0.6) is 0 Å². The van der Waals surface area contributed by atoms with E-state index in [-0.39, 0.29) is 5.97 Å². The number of anilines is 2. The zero-order valence-electron chi connectivity index (χ0n) is 11.7. The first-order valence-corrected chi connectivity index (χ1v) is 6.97. The summed E-state index contributed by atoms with van der Waals surface area (Å²) in [7, 11) is 0. The first-order valence-electron chi connectivity index (χ1n) is 6.97. The predicted octanol–water partition coefficient (Wildman–Crippen LogP) is 2.68. The number of ether oxygens (including phenoxy) is 1. The summed E-state index contributed by atoms with van der Waals surface area (Å²) in [6.45, 7) is 6.41. The van der Waals surface area contributed by atoms with Crippen molar-refractivity contribution < 1.29 is 9.53 Å². The van der Waals surface area contributed by atoms with Crippen LogP contribution < -0.4 is 10.6 Å². The van der Waals surface area contributed by atoms with Gasteiger partial charge in [0.25, 0.3) is 0 Å². The van der Waals surface area contributed by atoms with E-state index in [0.717, 1.165) is 18.8 Å². The number of hydrogen-bond donors (Lipinski definition) is 1. The van der Waals surface area contributed by atoms with Gasteiger partial charge in [0.15, 0.2) is 0 Å². The molecule has 1 aliphatic heterocycles. The van der Waals surface area contributed by atoms with Gasteiger partial charge in [-0.15, -0.1) is 0 Å². The Hall–Kier alpha value is -1.71. The summed E-state index contributed by atoms with van der Waals surface area (Å²) in [5.41, 5.74) is 7.91. The number of carbonyl (C=O) groups excluding carboxylic acids is 1. The van der Waals surface area contributed by atoms with Gasteiger partial charge < -0.3 is 15.4 Å². The minimum Gasteiger partial charge on any atom is -0.462 e. The van der Waals surface area contributed by atoms with Crippen LogP contribution in [0.4, 0.5) is 11.4 Å². The third-order valence-corrected chi connectivity index (χ3v) is 3.72. The lowest BCUT2D eigenvalue weighted by Gasteiger charge is -2.21. The van der Waals surface area contributed by atoms with E-state index in [0.29, 0.717) is 23.8 Å². The molecular weight excluding hydrogens is 240 g/mol. The molecular formula is C15H22N2O2. The second-order valence-corrected chi connectivity index (χ2v) is 5.01. The molecule has 1 heterocycles. The second kappa shape index (κ2) is 5.95. The lowest BCUT2D eigenvalue weighted by atomic mass is 10.1. The van der Waals surface area contributed by atoms with Crippen LogP contribution in [-0.4, -0.2) is 25.7 Å². The van der Waals surface area contributed by atoms with Crippen LogP contribution in [0, 0.1) is 5.92 Å². The Morgan fingerprint density at radius 1 is 1.47 bits per heavy atom. The SMILES string of the molecule is CCOC(=O)c1cc(N)ccc1N1CCC(CC)C1. The quantitative estimate of drug-likeness (QED) is 0.669. The highest BCUT2D eigenvalue weighted by molar-refractivity contribution is 5.97. The van der Waals surface area contributed by atoms with Gasteiger partial charge >= 0.3 is 5.97 Å². The van der Waals surface area contributed by atoms with Crippen LogP contribution in [-0.2, 0) is 4.74 Å². The third-order valence-electron chi connectivity index (χ3n) is 3.72. The molecule has 1 atom stereocenters. The van der Waals surface area contributed by atoms with E-state index in [1.165, 1.54) is 12.8 Å². The van der Waals surface area contributed by atoms with Crippen molar-refractivity contribution >= 4 is 17.3 Å². The summed E-state index contributed by atoms with van der Waals surface area (Å²) in [5, 5.41) is 0. The molecule has 1 aromatic rings. The van der Waals surface area contributed by atoms with E-state index < -0.39 is 0 Å². The number of carbonyl (C=O) groups is 1. The molecule has 0 aliphatic carbocycles. The molecule has 4 nitrogen and oxygen atoms in total. The Morgan fingerprint density at radius 2 is 2.26 bits per heavy atom. The van der Waals surface area contributed by atoms with Crippen LogP contribution in [0.3, 0.4) is 0 Å². The van der Waals surface area contributed by atoms with E-state index in [1.54, 1.807) is 6.07 Å². The van der Waals surface area contributed by atoms with Crippen molar-refractivity contribution in [2.24, 2.45) is 5.92 Å². The molecule has 0 spiro atoms. The molecule has 0 bridgehead atoms. The van der Waals surface area contributed by atoms with Crippen molar-refractivity contribution in [2.45, 2.75) is 26.7 Å². The topological polar surface area (TPSA) is 55.6 Å². The standard InChI is InChI=1S/C15H22N2O2/c1-3-11-7-8-17(10-11)14-6-5-12(16)9-13(14)15(18)19-4-2/h5-6,9,11H,3-4,7-8,10,16H2,1-2H3. The summed E-state index contributed by atoms with van der Waals surface area (Å²) < 4.78 is 5.12. The maximum Gasteiger partial charge on any atom is 0.340 e. The molecule has 19 heavy (non-hydrogen) atoms. The maximum absolute atomic E-state index is 12.0. The van der Waals surface area contributed by atoms with Crippen molar-refractivity contribution in [3.63, 3.8) is 0 Å². The fourth-order valence-corrected chi connectivity index (χ4v) is 2.59. The summed E-state index contributed by atoms with van der Waals surface area (Å²) in [6, 6.07) is 5.49. The Balaban J connectivity index is 2.27. The largest absolute Gasteiger partial charge is 0.462 e. The summed E-state index contributed by atoms with van der Waals surface area (Å²) in [4.78, 5) is 14.3. The number of nitrogens with two attached hydrogens (primary N) is 1. The Labute approximate surface area is 114 Å². The van der Waals surface area contributed by atoms with E-state index in [4.69, 9.17) is 10.5 Å². The van der Waals surface area contributed by atoms with Crippen molar-refractivity contribution in [1.29, 1.82) is 0 Å². The molecule has 104 valence electrons. The van der Waals surface area contributed by atoms with E-state index in [9.17, 15) is 4.79 Å².